The minimum absolute atomic E-state index is 0.301. The van der Waals surface area contributed by atoms with E-state index in [9.17, 15) is 0 Å². The standard InChI is InChI=1S/C13H15BrN2S/c1-9-4-3-5-10(13(9)14)11(15-2)8-12-16-6-7-17-12/h3-7,11,15H,8H2,1-2H3. The van der Waals surface area contributed by atoms with E-state index in [4.69, 9.17) is 0 Å². The summed E-state index contributed by atoms with van der Waals surface area (Å²) in [6, 6.07) is 6.67. The average molecular weight is 311 g/mol. The molecule has 0 aliphatic rings. The number of hydrogen-bond donors (Lipinski definition) is 1. The first-order valence-electron chi connectivity index (χ1n) is 5.53. The van der Waals surface area contributed by atoms with Crippen LogP contribution in [0.15, 0.2) is 34.2 Å². The number of aryl methyl sites for hydroxylation is 1. The van der Waals surface area contributed by atoms with Crippen molar-refractivity contribution >= 4 is 27.3 Å². The normalized spacial score (nSPS) is 12.6. The van der Waals surface area contributed by atoms with Crippen LogP contribution in [0.5, 0.6) is 0 Å². The number of aromatic nitrogens is 1. The van der Waals surface area contributed by atoms with Crippen molar-refractivity contribution in [3.05, 3.63) is 50.4 Å². The predicted octanol–water partition coefficient (Wildman–Crippen LogP) is 3.72. The third-order valence-electron chi connectivity index (χ3n) is 2.81. The highest BCUT2D eigenvalue weighted by Gasteiger charge is 2.15. The molecule has 1 aromatic heterocycles. The Bertz CT molecular complexity index is 482. The van der Waals surface area contributed by atoms with Crippen molar-refractivity contribution in [3.63, 3.8) is 0 Å². The maximum Gasteiger partial charge on any atom is 0.0943 e. The molecule has 90 valence electrons. The molecule has 0 saturated carbocycles. The Kier molecular flexibility index (Phi) is 4.31. The Hall–Kier alpha value is -0.710. The molecule has 4 heteroatoms. The highest BCUT2D eigenvalue weighted by molar-refractivity contribution is 9.10. The minimum atomic E-state index is 0.301. The van der Waals surface area contributed by atoms with Crippen molar-refractivity contribution in [3.8, 4) is 0 Å². The number of nitrogens with one attached hydrogen (secondary N) is 1. The number of nitrogens with zero attached hydrogens (tertiary/aromatic N) is 1. The Morgan fingerprint density at radius 3 is 2.94 bits per heavy atom. The van der Waals surface area contributed by atoms with Gasteiger partial charge >= 0.3 is 0 Å². The number of likely N-dealkylation sites (N-methyl/N-ethyl adjacent to an activating group) is 1. The molecule has 2 nitrogen and oxygen atoms in total. The summed E-state index contributed by atoms with van der Waals surface area (Å²) < 4.78 is 1.19. The smallest absolute Gasteiger partial charge is 0.0943 e. The lowest BCUT2D eigenvalue weighted by molar-refractivity contribution is 0.587. The zero-order valence-electron chi connectivity index (χ0n) is 9.90. The molecule has 0 saturated heterocycles. The molecule has 0 amide bonds. The maximum atomic E-state index is 4.34. The molecule has 2 rings (SSSR count). The summed E-state index contributed by atoms with van der Waals surface area (Å²) in [5.74, 6) is 0. The molecule has 0 radical (unpaired) electrons. The molecule has 2 aromatic rings. The second-order valence-electron chi connectivity index (χ2n) is 3.95. The molecule has 0 aliphatic carbocycles. The second-order valence-corrected chi connectivity index (χ2v) is 5.72. The Morgan fingerprint density at radius 2 is 2.29 bits per heavy atom. The van der Waals surface area contributed by atoms with E-state index in [0.717, 1.165) is 11.4 Å². The number of rotatable bonds is 4. The van der Waals surface area contributed by atoms with Gasteiger partial charge in [-0.2, -0.15) is 0 Å². The summed E-state index contributed by atoms with van der Waals surface area (Å²) in [5, 5.41) is 6.55. The first-order valence-corrected chi connectivity index (χ1v) is 7.20. The van der Waals surface area contributed by atoms with E-state index >= 15 is 0 Å². The van der Waals surface area contributed by atoms with Gasteiger partial charge in [0.2, 0.25) is 0 Å². The van der Waals surface area contributed by atoms with Crippen molar-refractivity contribution in [2.75, 3.05) is 7.05 Å². The van der Waals surface area contributed by atoms with Crippen LogP contribution >= 0.6 is 27.3 Å². The lowest BCUT2D eigenvalue weighted by atomic mass is 10.0. The Morgan fingerprint density at radius 1 is 1.47 bits per heavy atom. The number of hydrogen-bond acceptors (Lipinski definition) is 3. The van der Waals surface area contributed by atoms with Crippen LogP contribution in [-0.2, 0) is 6.42 Å². The van der Waals surface area contributed by atoms with Gasteiger partial charge in [0.05, 0.1) is 5.01 Å². The van der Waals surface area contributed by atoms with Crippen LogP contribution in [0.25, 0.3) is 0 Å². The maximum absolute atomic E-state index is 4.34. The van der Waals surface area contributed by atoms with Gasteiger partial charge in [0.25, 0.3) is 0 Å². The molecular formula is C13H15BrN2S. The topological polar surface area (TPSA) is 24.9 Å². The monoisotopic (exact) mass is 310 g/mol. The summed E-state index contributed by atoms with van der Waals surface area (Å²) in [7, 11) is 1.99. The quantitative estimate of drug-likeness (QED) is 0.931. The average Bonchev–Trinajstić information content (AvgIpc) is 2.83. The van der Waals surface area contributed by atoms with Crippen molar-refractivity contribution in [2.45, 2.75) is 19.4 Å². The van der Waals surface area contributed by atoms with Crippen molar-refractivity contribution in [2.24, 2.45) is 0 Å². The fourth-order valence-corrected chi connectivity index (χ4v) is 3.04. The minimum Gasteiger partial charge on any atom is -0.313 e. The van der Waals surface area contributed by atoms with E-state index in [0.29, 0.717) is 6.04 Å². The zero-order chi connectivity index (χ0) is 12.3. The molecule has 1 unspecified atom stereocenters. The molecular weight excluding hydrogens is 296 g/mol. The summed E-state index contributed by atoms with van der Waals surface area (Å²) in [6.07, 6.45) is 2.79. The van der Waals surface area contributed by atoms with Gasteiger partial charge in [-0.1, -0.05) is 34.1 Å². The highest BCUT2D eigenvalue weighted by Crippen LogP contribution is 2.28. The molecule has 0 spiro atoms. The fourth-order valence-electron chi connectivity index (χ4n) is 1.84. The van der Waals surface area contributed by atoms with Gasteiger partial charge in [0.15, 0.2) is 0 Å². The van der Waals surface area contributed by atoms with Crippen LogP contribution in [0.3, 0.4) is 0 Å². The van der Waals surface area contributed by atoms with Gasteiger partial charge in [-0.3, -0.25) is 0 Å². The summed E-state index contributed by atoms with van der Waals surface area (Å²) in [6.45, 7) is 2.11. The van der Waals surface area contributed by atoms with Crippen molar-refractivity contribution in [1.29, 1.82) is 0 Å². The van der Waals surface area contributed by atoms with Gasteiger partial charge < -0.3 is 5.32 Å². The third kappa shape index (κ3) is 2.94. The lowest BCUT2D eigenvalue weighted by Crippen LogP contribution is -2.19. The molecule has 1 N–H and O–H groups in total. The summed E-state index contributed by atoms with van der Waals surface area (Å²) in [4.78, 5) is 4.34. The van der Waals surface area contributed by atoms with E-state index in [2.05, 4.69) is 51.4 Å². The van der Waals surface area contributed by atoms with Crippen LogP contribution in [0.4, 0.5) is 0 Å². The van der Waals surface area contributed by atoms with Crippen LogP contribution in [-0.4, -0.2) is 12.0 Å². The first-order chi connectivity index (χ1) is 8.22. The van der Waals surface area contributed by atoms with Crippen molar-refractivity contribution < 1.29 is 0 Å². The molecule has 17 heavy (non-hydrogen) atoms. The zero-order valence-corrected chi connectivity index (χ0v) is 12.3. The molecule has 0 aliphatic heterocycles. The highest BCUT2D eigenvalue weighted by atomic mass is 79.9. The van der Waals surface area contributed by atoms with E-state index in [1.54, 1.807) is 11.3 Å². The molecule has 0 bridgehead atoms. The summed E-state index contributed by atoms with van der Waals surface area (Å²) >= 11 is 5.37. The van der Waals surface area contributed by atoms with Gasteiger partial charge in [-0.25, -0.2) is 4.98 Å². The van der Waals surface area contributed by atoms with Crippen LogP contribution < -0.4 is 5.32 Å². The van der Waals surface area contributed by atoms with Gasteiger partial charge in [-0.05, 0) is 25.1 Å². The van der Waals surface area contributed by atoms with Gasteiger partial charge in [0.1, 0.15) is 0 Å². The lowest BCUT2D eigenvalue weighted by Gasteiger charge is -2.18. The predicted molar refractivity (Wildman–Crippen MR) is 76.5 cm³/mol. The Balaban J connectivity index is 2.26. The van der Waals surface area contributed by atoms with Crippen LogP contribution in [0, 0.1) is 6.92 Å². The molecule has 0 fully saturated rings. The van der Waals surface area contributed by atoms with E-state index < -0.39 is 0 Å². The third-order valence-corrected chi connectivity index (χ3v) is 4.69. The molecule has 1 aromatic carbocycles. The van der Waals surface area contributed by atoms with E-state index in [1.807, 2.05) is 18.6 Å². The van der Waals surface area contributed by atoms with E-state index in [-0.39, 0.29) is 0 Å². The van der Waals surface area contributed by atoms with Gasteiger partial charge in [-0.15, -0.1) is 11.3 Å². The SMILES string of the molecule is CNC(Cc1nccs1)c1cccc(C)c1Br. The second kappa shape index (κ2) is 5.76. The molecule has 1 heterocycles. The largest absolute Gasteiger partial charge is 0.313 e. The first kappa shape index (κ1) is 12.7. The summed E-state index contributed by atoms with van der Waals surface area (Å²) in [5.41, 5.74) is 2.56. The number of benzene rings is 1. The molecule has 1 atom stereocenters. The number of halogens is 1. The number of thiazole rings is 1. The van der Waals surface area contributed by atoms with Crippen LogP contribution in [0.1, 0.15) is 22.2 Å². The Labute approximate surface area is 114 Å². The van der Waals surface area contributed by atoms with Crippen molar-refractivity contribution in [1.82, 2.24) is 10.3 Å². The van der Waals surface area contributed by atoms with E-state index in [1.165, 1.54) is 15.6 Å². The van der Waals surface area contributed by atoms with Crippen LogP contribution in [0.2, 0.25) is 0 Å². The fraction of sp³-hybridized carbons (Fsp3) is 0.308. The van der Waals surface area contributed by atoms with Gasteiger partial charge in [0, 0.05) is 28.5 Å².